The topological polar surface area (TPSA) is 12.0 Å². The van der Waals surface area contributed by atoms with Crippen LogP contribution in [0.2, 0.25) is 0 Å². The molecule has 0 fully saturated rings. The highest BCUT2D eigenvalue weighted by atomic mass is 35.5. The number of hydrogen-bond donors (Lipinski definition) is 1. The number of anilines is 1. The van der Waals surface area contributed by atoms with Crippen LogP contribution in [0.5, 0.6) is 0 Å². The van der Waals surface area contributed by atoms with Crippen LogP contribution in [-0.2, 0) is 0 Å². The maximum atomic E-state index is 5.60. The lowest BCUT2D eigenvalue weighted by Gasteiger charge is -2.11. The Morgan fingerprint density at radius 2 is 1.92 bits per heavy atom. The number of thiocarbonyl (C=S) groups is 1. The van der Waals surface area contributed by atoms with Crippen LogP contribution < -0.4 is 5.32 Å². The molecule has 1 nitrogen and oxygen atoms in total. The van der Waals surface area contributed by atoms with Crippen LogP contribution in [-0.4, -0.2) is 10.9 Å². The normalized spacial score (nSPS) is 9.77. The zero-order valence-corrected chi connectivity index (χ0v) is 9.30. The van der Waals surface area contributed by atoms with Crippen molar-refractivity contribution in [1.29, 1.82) is 0 Å². The number of rotatable bonds is 2. The van der Waals surface area contributed by atoms with Gasteiger partial charge in [-0.05, 0) is 25.0 Å². The van der Waals surface area contributed by atoms with Crippen molar-refractivity contribution >= 4 is 34.5 Å². The third kappa shape index (κ3) is 2.68. The minimum absolute atomic E-state index is 0.364. The summed E-state index contributed by atoms with van der Waals surface area (Å²) in [6, 6.07) is 6.12. The molecule has 0 spiro atoms. The van der Waals surface area contributed by atoms with Crippen LogP contribution in [0, 0.1) is 13.8 Å². The highest BCUT2D eigenvalue weighted by molar-refractivity contribution is 7.80. The van der Waals surface area contributed by atoms with Crippen molar-refractivity contribution in [2.45, 2.75) is 13.8 Å². The molecule has 13 heavy (non-hydrogen) atoms. The van der Waals surface area contributed by atoms with Gasteiger partial charge in [0.15, 0.2) is 0 Å². The molecule has 0 saturated carbocycles. The van der Waals surface area contributed by atoms with Crippen molar-refractivity contribution in [3.8, 4) is 0 Å². The average Bonchev–Trinajstić information content (AvgIpc) is 2.11. The molecule has 0 amide bonds. The van der Waals surface area contributed by atoms with Gasteiger partial charge in [-0.25, -0.2) is 0 Å². The quantitative estimate of drug-likeness (QED) is 0.598. The standard InChI is InChI=1S/C10H12ClNS/c1-7-4-3-5-8(2)10(7)12-9(13)6-11/h3-5H,6H2,1-2H3,(H,12,13). The molecule has 3 heteroatoms. The van der Waals surface area contributed by atoms with Crippen LogP contribution >= 0.6 is 23.8 Å². The summed E-state index contributed by atoms with van der Waals surface area (Å²) in [4.78, 5) is 0.666. The molecule has 1 aromatic carbocycles. The first-order valence-corrected chi connectivity index (χ1v) is 5.01. The Labute approximate surface area is 89.1 Å². The Morgan fingerprint density at radius 3 is 2.38 bits per heavy atom. The van der Waals surface area contributed by atoms with E-state index in [0.29, 0.717) is 10.9 Å². The summed E-state index contributed by atoms with van der Waals surface area (Å²) in [5.41, 5.74) is 3.45. The highest BCUT2D eigenvalue weighted by Gasteiger charge is 2.02. The van der Waals surface area contributed by atoms with E-state index >= 15 is 0 Å². The van der Waals surface area contributed by atoms with Crippen LogP contribution in [0.25, 0.3) is 0 Å². The number of aryl methyl sites for hydroxylation is 2. The van der Waals surface area contributed by atoms with Crippen LogP contribution in [0.15, 0.2) is 18.2 Å². The van der Waals surface area contributed by atoms with Gasteiger partial charge in [-0.2, -0.15) is 0 Å². The van der Waals surface area contributed by atoms with Gasteiger partial charge >= 0.3 is 0 Å². The highest BCUT2D eigenvalue weighted by Crippen LogP contribution is 2.19. The van der Waals surface area contributed by atoms with Gasteiger partial charge in [0.25, 0.3) is 0 Å². The Bertz CT molecular complexity index is 302. The molecule has 0 heterocycles. The number of alkyl halides is 1. The third-order valence-corrected chi connectivity index (χ3v) is 2.54. The molecule has 0 bridgehead atoms. The van der Waals surface area contributed by atoms with Crippen LogP contribution in [0.3, 0.4) is 0 Å². The lowest BCUT2D eigenvalue weighted by atomic mass is 10.1. The third-order valence-electron chi connectivity index (χ3n) is 1.87. The number of para-hydroxylation sites is 1. The fourth-order valence-corrected chi connectivity index (χ4v) is 1.35. The molecule has 0 aliphatic carbocycles. The average molecular weight is 214 g/mol. The molecule has 0 aliphatic rings. The smallest absolute Gasteiger partial charge is 0.0947 e. The molecule has 0 radical (unpaired) electrons. The van der Waals surface area contributed by atoms with Crippen molar-refractivity contribution in [2.24, 2.45) is 0 Å². The molecule has 0 atom stereocenters. The lowest BCUT2D eigenvalue weighted by molar-refractivity contribution is 1.38. The summed E-state index contributed by atoms with van der Waals surface area (Å²) < 4.78 is 0. The minimum atomic E-state index is 0.364. The first kappa shape index (κ1) is 10.5. The molecule has 70 valence electrons. The van der Waals surface area contributed by atoms with E-state index in [1.807, 2.05) is 32.0 Å². The molecule has 0 aliphatic heterocycles. The van der Waals surface area contributed by atoms with Crippen LogP contribution in [0.4, 0.5) is 5.69 Å². The maximum absolute atomic E-state index is 5.60. The van der Waals surface area contributed by atoms with Gasteiger partial charge < -0.3 is 5.32 Å². The van der Waals surface area contributed by atoms with Crippen molar-refractivity contribution in [3.63, 3.8) is 0 Å². The maximum Gasteiger partial charge on any atom is 0.0947 e. The van der Waals surface area contributed by atoms with E-state index < -0.39 is 0 Å². The van der Waals surface area contributed by atoms with Crippen molar-refractivity contribution in [2.75, 3.05) is 11.2 Å². The summed E-state index contributed by atoms with van der Waals surface area (Å²) in [7, 11) is 0. The van der Waals surface area contributed by atoms with E-state index in [1.165, 1.54) is 11.1 Å². The van der Waals surface area contributed by atoms with E-state index in [9.17, 15) is 0 Å². The van der Waals surface area contributed by atoms with E-state index in [1.54, 1.807) is 0 Å². The largest absolute Gasteiger partial charge is 0.349 e. The Morgan fingerprint density at radius 1 is 1.38 bits per heavy atom. The van der Waals surface area contributed by atoms with Gasteiger partial charge in [-0.1, -0.05) is 30.4 Å². The zero-order valence-electron chi connectivity index (χ0n) is 7.73. The van der Waals surface area contributed by atoms with Crippen molar-refractivity contribution < 1.29 is 0 Å². The fourth-order valence-electron chi connectivity index (χ4n) is 1.18. The summed E-state index contributed by atoms with van der Waals surface area (Å²) in [6.45, 7) is 4.10. The molecular weight excluding hydrogens is 202 g/mol. The molecule has 1 N–H and O–H groups in total. The summed E-state index contributed by atoms with van der Waals surface area (Å²) in [5.74, 6) is 0.364. The predicted octanol–water partition coefficient (Wildman–Crippen LogP) is 3.28. The molecule has 0 saturated heterocycles. The van der Waals surface area contributed by atoms with Gasteiger partial charge in [0.05, 0.1) is 10.9 Å². The second kappa shape index (κ2) is 4.58. The van der Waals surface area contributed by atoms with Crippen molar-refractivity contribution in [1.82, 2.24) is 0 Å². The molecule has 1 rings (SSSR count). The number of nitrogens with one attached hydrogen (secondary N) is 1. The van der Waals surface area contributed by atoms with E-state index in [0.717, 1.165) is 5.69 Å². The Kier molecular flexibility index (Phi) is 3.70. The van der Waals surface area contributed by atoms with E-state index in [4.69, 9.17) is 23.8 Å². The first-order valence-electron chi connectivity index (χ1n) is 4.07. The second-order valence-electron chi connectivity index (χ2n) is 2.95. The number of halogens is 1. The van der Waals surface area contributed by atoms with Gasteiger partial charge in [0, 0.05) is 5.69 Å². The summed E-state index contributed by atoms with van der Waals surface area (Å²) in [6.07, 6.45) is 0. The van der Waals surface area contributed by atoms with E-state index in [2.05, 4.69) is 5.32 Å². The SMILES string of the molecule is Cc1cccc(C)c1NC(=S)CCl. The predicted molar refractivity (Wildman–Crippen MR) is 62.9 cm³/mol. The fraction of sp³-hybridized carbons (Fsp3) is 0.300. The monoisotopic (exact) mass is 213 g/mol. The molecule has 0 aromatic heterocycles. The van der Waals surface area contributed by atoms with Gasteiger partial charge in [0.1, 0.15) is 0 Å². The lowest BCUT2D eigenvalue weighted by Crippen LogP contribution is -2.12. The molecular formula is C10H12ClNS. The van der Waals surface area contributed by atoms with E-state index in [-0.39, 0.29) is 0 Å². The summed E-state index contributed by atoms with van der Waals surface area (Å²) in [5, 5.41) is 3.13. The Hall–Kier alpha value is -0.600. The first-order chi connectivity index (χ1) is 6.15. The number of benzene rings is 1. The van der Waals surface area contributed by atoms with Crippen molar-refractivity contribution in [3.05, 3.63) is 29.3 Å². The zero-order chi connectivity index (χ0) is 9.84. The van der Waals surface area contributed by atoms with Gasteiger partial charge in [0.2, 0.25) is 0 Å². The minimum Gasteiger partial charge on any atom is -0.349 e. The Balaban J connectivity index is 2.93. The van der Waals surface area contributed by atoms with Gasteiger partial charge in [-0.15, -0.1) is 11.6 Å². The second-order valence-corrected chi connectivity index (χ2v) is 3.71. The molecule has 1 aromatic rings. The van der Waals surface area contributed by atoms with Gasteiger partial charge in [-0.3, -0.25) is 0 Å². The van der Waals surface area contributed by atoms with Crippen LogP contribution in [0.1, 0.15) is 11.1 Å². The summed E-state index contributed by atoms with van der Waals surface area (Å²) >= 11 is 10.6. The number of hydrogen-bond acceptors (Lipinski definition) is 1. The molecule has 0 unspecified atom stereocenters.